The van der Waals surface area contributed by atoms with Crippen LogP contribution in [-0.4, -0.2) is 47.3 Å². The molecule has 0 amide bonds. The van der Waals surface area contributed by atoms with Gasteiger partial charge in [0.05, 0.1) is 0 Å². The molecule has 0 fully saturated rings. The molecule has 3 aromatic heterocycles. The zero-order chi connectivity index (χ0) is 20.4. The van der Waals surface area contributed by atoms with Gasteiger partial charge in [-0.3, -0.25) is 0 Å². The Morgan fingerprint density at radius 3 is 2.29 bits per heavy atom. The summed E-state index contributed by atoms with van der Waals surface area (Å²) < 4.78 is 3.30. The minimum atomic E-state index is -0.985. The first-order valence-electron chi connectivity index (χ1n) is 10.1. The topological polar surface area (TPSA) is 46.3 Å². The quantitative estimate of drug-likeness (QED) is 0.513. The molecule has 6 heteroatoms. The zero-order valence-corrected chi connectivity index (χ0v) is 20.1. The molecule has 0 aromatic carbocycles. The van der Waals surface area contributed by atoms with Crippen LogP contribution in [0.5, 0.6) is 0 Å². The van der Waals surface area contributed by atoms with E-state index in [-0.39, 0.29) is 0 Å². The second-order valence-electron chi connectivity index (χ2n) is 7.69. The van der Waals surface area contributed by atoms with Crippen LogP contribution >= 0.6 is 0 Å². The van der Waals surface area contributed by atoms with Crippen LogP contribution in [0.3, 0.4) is 0 Å². The van der Waals surface area contributed by atoms with E-state index in [1.807, 2.05) is 10.7 Å². The Bertz CT molecular complexity index is 971. The summed E-state index contributed by atoms with van der Waals surface area (Å²) in [4.78, 5) is 12.1. The van der Waals surface area contributed by atoms with E-state index >= 15 is 0 Å². The molecule has 0 atom stereocenters. The van der Waals surface area contributed by atoms with E-state index in [9.17, 15) is 0 Å². The van der Waals surface area contributed by atoms with Crippen LogP contribution in [0.2, 0.25) is 11.4 Å². The molecule has 3 heterocycles. The molecule has 28 heavy (non-hydrogen) atoms. The second kappa shape index (κ2) is 8.65. The standard InChI is InChI=1S/C22H32AsN5/c1-8-10-27(11-9-2)20-13-16(4)25-22-21(17(5)26-28(20)22)18-14-24-19(23(6)7)12-15(18)3/h12-14H,8-11H2,1-7H3. The van der Waals surface area contributed by atoms with Crippen LogP contribution < -0.4 is 9.38 Å². The maximum absolute atomic E-state index is 4.91. The fourth-order valence-electron chi connectivity index (χ4n) is 3.69. The number of rotatable bonds is 7. The first-order chi connectivity index (χ1) is 13.4. The van der Waals surface area contributed by atoms with Crippen molar-refractivity contribution < 1.29 is 0 Å². The third-order valence-electron chi connectivity index (χ3n) is 5.01. The van der Waals surface area contributed by atoms with Gasteiger partial charge < -0.3 is 0 Å². The summed E-state index contributed by atoms with van der Waals surface area (Å²) in [7, 11) is 0. The Morgan fingerprint density at radius 2 is 1.71 bits per heavy atom. The summed E-state index contributed by atoms with van der Waals surface area (Å²) >= 11 is -0.985. The number of pyridine rings is 1. The molecule has 0 N–H and O–H groups in total. The molecule has 0 bridgehead atoms. The molecular formula is C22H32AsN5. The van der Waals surface area contributed by atoms with Gasteiger partial charge in [0, 0.05) is 0 Å². The van der Waals surface area contributed by atoms with Gasteiger partial charge in [0.1, 0.15) is 0 Å². The number of fused-ring (bicyclic) bond motifs is 1. The molecule has 0 unspecified atom stereocenters. The second-order valence-corrected chi connectivity index (χ2v) is 12.4. The van der Waals surface area contributed by atoms with Crippen molar-refractivity contribution in [3.63, 3.8) is 0 Å². The van der Waals surface area contributed by atoms with Crippen molar-refractivity contribution in [2.24, 2.45) is 0 Å². The fourth-order valence-corrected chi connectivity index (χ4v) is 5.25. The van der Waals surface area contributed by atoms with Crippen molar-refractivity contribution >= 4 is 30.6 Å². The molecule has 3 rings (SSSR count). The molecule has 0 aliphatic carbocycles. The average molecular weight is 441 g/mol. The van der Waals surface area contributed by atoms with Crippen LogP contribution in [0.4, 0.5) is 5.82 Å². The average Bonchev–Trinajstić information content (AvgIpc) is 2.96. The molecule has 0 aliphatic heterocycles. The summed E-state index contributed by atoms with van der Waals surface area (Å²) in [5.74, 6) is 1.14. The molecule has 0 saturated carbocycles. The fraction of sp³-hybridized carbons (Fsp3) is 0.500. The van der Waals surface area contributed by atoms with Crippen molar-refractivity contribution in [1.82, 2.24) is 19.6 Å². The van der Waals surface area contributed by atoms with Gasteiger partial charge in [-0.25, -0.2) is 0 Å². The number of hydrogen-bond donors (Lipinski definition) is 0. The van der Waals surface area contributed by atoms with Crippen molar-refractivity contribution in [3.8, 4) is 11.1 Å². The third-order valence-corrected chi connectivity index (χ3v) is 7.44. The van der Waals surface area contributed by atoms with Gasteiger partial charge in [-0.05, 0) is 0 Å². The SMILES string of the molecule is CCCN(CCC)c1cc(C)nc2c(-c3cnc([As](C)C)cc3C)c(C)nn12. The molecule has 150 valence electrons. The van der Waals surface area contributed by atoms with Crippen LogP contribution in [0.25, 0.3) is 16.8 Å². The van der Waals surface area contributed by atoms with E-state index in [0.717, 1.165) is 59.9 Å². The number of aryl methyl sites for hydroxylation is 3. The van der Waals surface area contributed by atoms with Crippen LogP contribution in [-0.2, 0) is 0 Å². The number of anilines is 1. The van der Waals surface area contributed by atoms with Crippen molar-refractivity contribution in [1.29, 1.82) is 0 Å². The van der Waals surface area contributed by atoms with Crippen molar-refractivity contribution in [2.75, 3.05) is 18.0 Å². The Hall–Kier alpha value is -1.87. The molecule has 5 nitrogen and oxygen atoms in total. The summed E-state index contributed by atoms with van der Waals surface area (Å²) in [5, 5.41) is 4.91. The summed E-state index contributed by atoms with van der Waals surface area (Å²) in [6.07, 6.45) is 4.25. The first kappa shape index (κ1) is 20.9. The van der Waals surface area contributed by atoms with E-state index in [4.69, 9.17) is 15.1 Å². The van der Waals surface area contributed by atoms with Crippen LogP contribution in [0.15, 0.2) is 18.3 Å². The third kappa shape index (κ3) is 3.95. The maximum atomic E-state index is 4.91. The summed E-state index contributed by atoms with van der Waals surface area (Å²) in [6, 6.07) is 4.42. The van der Waals surface area contributed by atoms with Gasteiger partial charge in [-0.2, -0.15) is 0 Å². The number of nitrogens with zero attached hydrogens (tertiary/aromatic N) is 5. The van der Waals surface area contributed by atoms with E-state index in [0.29, 0.717) is 0 Å². The number of hydrogen-bond acceptors (Lipinski definition) is 4. The number of aromatic nitrogens is 4. The Kier molecular flexibility index (Phi) is 6.44. The van der Waals surface area contributed by atoms with Crippen LogP contribution in [0, 0.1) is 20.8 Å². The molecule has 0 saturated heterocycles. The Labute approximate surface area is 173 Å². The van der Waals surface area contributed by atoms with Gasteiger partial charge in [-0.1, -0.05) is 0 Å². The van der Waals surface area contributed by atoms with Crippen molar-refractivity contribution in [3.05, 3.63) is 35.3 Å². The van der Waals surface area contributed by atoms with Gasteiger partial charge >= 0.3 is 173 Å². The van der Waals surface area contributed by atoms with E-state index in [1.54, 1.807) is 0 Å². The van der Waals surface area contributed by atoms with Gasteiger partial charge in [0.25, 0.3) is 0 Å². The summed E-state index contributed by atoms with van der Waals surface area (Å²) in [5.41, 5.74) is 11.1. The normalized spacial score (nSPS) is 11.6. The predicted octanol–water partition coefficient (Wildman–Crippen LogP) is 4.30. The molecule has 0 radical (unpaired) electrons. The molecule has 0 spiro atoms. The first-order valence-corrected chi connectivity index (χ1v) is 14.8. The van der Waals surface area contributed by atoms with E-state index < -0.39 is 14.7 Å². The Balaban J connectivity index is 2.22. The minimum absolute atomic E-state index is 0.935. The molecular weight excluding hydrogens is 409 g/mol. The monoisotopic (exact) mass is 441 g/mol. The van der Waals surface area contributed by atoms with E-state index in [1.165, 1.54) is 10.0 Å². The Morgan fingerprint density at radius 1 is 1.04 bits per heavy atom. The molecule has 3 aromatic rings. The predicted molar refractivity (Wildman–Crippen MR) is 120 cm³/mol. The summed E-state index contributed by atoms with van der Waals surface area (Å²) in [6.45, 7) is 12.8. The van der Waals surface area contributed by atoms with Gasteiger partial charge in [0.2, 0.25) is 0 Å². The van der Waals surface area contributed by atoms with Gasteiger partial charge in [0.15, 0.2) is 0 Å². The zero-order valence-electron chi connectivity index (χ0n) is 18.2. The van der Waals surface area contributed by atoms with Crippen LogP contribution in [0.1, 0.15) is 43.6 Å². The van der Waals surface area contributed by atoms with E-state index in [2.05, 4.69) is 63.1 Å². The van der Waals surface area contributed by atoms with Crippen molar-refractivity contribution in [2.45, 2.75) is 58.9 Å². The molecule has 0 aliphatic rings. The van der Waals surface area contributed by atoms with Gasteiger partial charge in [-0.15, -0.1) is 0 Å².